The topological polar surface area (TPSA) is 46.2 Å². The van der Waals surface area contributed by atoms with E-state index in [-0.39, 0.29) is 0 Å². The Morgan fingerprint density at radius 2 is 1.93 bits per heavy atom. The summed E-state index contributed by atoms with van der Waals surface area (Å²) in [5, 5.41) is 9.69. The van der Waals surface area contributed by atoms with Crippen molar-refractivity contribution in [2.45, 2.75) is 20.8 Å². The van der Waals surface area contributed by atoms with E-state index < -0.39 is 0 Å². The lowest BCUT2D eigenvalue weighted by molar-refractivity contribution is 0.466. The van der Waals surface area contributed by atoms with Crippen molar-refractivity contribution in [3.63, 3.8) is 0 Å². The molecule has 0 saturated carbocycles. The Hall–Kier alpha value is -1.28. The first-order valence-corrected chi connectivity index (χ1v) is 4.74. The second-order valence-corrected chi connectivity index (χ2v) is 3.52. The Kier molecular flexibility index (Phi) is 3.31. The monoisotopic (exact) mass is 191 g/mol. The van der Waals surface area contributed by atoms with Crippen molar-refractivity contribution < 1.29 is 5.11 Å². The number of benzene rings is 1. The van der Waals surface area contributed by atoms with Crippen molar-refractivity contribution in [1.29, 1.82) is 0 Å². The van der Waals surface area contributed by atoms with Gasteiger partial charge in [-0.3, -0.25) is 0 Å². The van der Waals surface area contributed by atoms with Crippen LogP contribution in [0.25, 0.3) is 6.08 Å². The molecule has 0 saturated heterocycles. The molecule has 0 amide bonds. The maximum absolute atomic E-state index is 9.69. The van der Waals surface area contributed by atoms with Gasteiger partial charge in [-0.05, 0) is 49.1 Å². The normalized spacial score (nSPS) is 11.1. The molecular weight excluding hydrogens is 174 g/mol. The van der Waals surface area contributed by atoms with E-state index in [4.69, 9.17) is 5.73 Å². The largest absolute Gasteiger partial charge is 0.507 e. The Morgan fingerprint density at radius 1 is 1.29 bits per heavy atom. The third-order valence-electron chi connectivity index (χ3n) is 2.53. The lowest BCUT2D eigenvalue weighted by Crippen LogP contribution is -1.94. The zero-order valence-electron chi connectivity index (χ0n) is 8.96. The summed E-state index contributed by atoms with van der Waals surface area (Å²) in [4.78, 5) is 0. The zero-order valence-corrected chi connectivity index (χ0v) is 8.96. The van der Waals surface area contributed by atoms with E-state index in [0.717, 1.165) is 22.3 Å². The summed E-state index contributed by atoms with van der Waals surface area (Å²) in [5.74, 6) is 0.396. The molecular formula is C12H17NO. The van der Waals surface area contributed by atoms with Crippen LogP contribution < -0.4 is 5.73 Å². The number of nitrogens with two attached hydrogens (primary N) is 1. The molecule has 1 aromatic carbocycles. The molecule has 14 heavy (non-hydrogen) atoms. The molecule has 1 rings (SSSR count). The Balaban J connectivity index is 3.26. The van der Waals surface area contributed by atoms with Crippen LogP contribution >= 0.6 is 0 Å². The number of rotatable bonds is 2. The van der Waals surface area contributed by atoms with Crippen LogP contribution in [0, 0.1) is 20.8 Å². The number of aromatic hydroxyl groups is 1. The van der Waals surface area contributed by atoms with Gasteiger partial charge in [0.1, 0.15) is 5.75 Å². The molecule has 3 N–H and O–H groups in total. The van der Waals surface area contributed by atoms with Crippen molar-refractivity contribution in [1.82, 2.24) is 0 Å². The average Bonchev–Trinajstić information content (AvgIpc) is 2.18. The van der Waals surface area contributed by atoms with Gasteiger partial charge in [0.15, 0.2) is 0 Å². The predicted molar refractivity (Wildman–Crippen MR) is 60.4 cm³/mol. The van der Waals surface area contributed by atoms with Gasteiger partial charge in [0.05, 0.1) is 0 Å². The minimum absolute atomic E-state index is 0.396. The molecule has 0 aliphatic heterocycles. The molecule has 0 aliphatic rings. The van der Waals surface area contributed by atoms with Crippen molar-refractivity contribution >= 4 is 6.08 Å². The molecule has 0 heterocycles. The molecule has 76 valence electrons. The molecule has 0 aromatic heterocycles. The SMILES string of the molecule is Cc1cc(/C=C/CN)c(C)c(C)c1O. The molecule has 0 atom stereocenters. The standard InChI is InChI=1S/C12H17NO/c1-8-7-11(5-4-6-13)9(2)10(3)12(8)14/h4-5,7,14H,6,13H2,1-3H3/b5-4+. The summed E-state index contributed by atoms with van der Waals surface area (Å²) < 4.78 is 0. The molecule has 1 aromatic rings. The van der Waals surface area contributed by atoms with Crippen LogP contribution in [0.4, 0.5) is 0 Å². The highest BCUT2D eigenvalue weighted by Crippen LogP contribution is 2.27. The van der Waals surface area contributed by atoms with Gasteiger partial charge in [-0.15, -0.1) is 0 Å². The fourth-order valence-electron chi connectivity index (χ4n) is 1.47. The molecule has 0 aliphatic carbocycles. The first-order valence-electron chi connectivity index (χ1n) is 4.74. The number of aryl methyl sites for hydroxylation is 1. The first kappa shape index (κ1) is 10.8. The van der Waals surface area contributed by atoms with Gasteiger partial charge in [-0.2, -0.15) is 0 Å². The second-order valence-electron chi connectivity index (χ2n) is 3.52. The highest BCUT2D eigenvalue weighted by molar-refractivity contribution is 5.60. The Labute approximate surface area is 85.1 Å². The average molecular weight is 191 g/mol. The summed E-state index contributed by atoms with van der Waals surface area (Å²) >= 11 is 0. The van der Waals surface area contributed by atoms with Crippen LogP contribution in [-0.2, 0) is 0 Å². The first-order chi connectivity index (χ1) is 6.57. The molecule has 0 unspecified atom stereocenters. The van der Waals surface area contributed by atoms with Crippen LogP contribution in [0.15, 0.2) is 12.1 Å². The van der Waals surface area contributed by atoms with Gasteiger partial charge in [-0.25, -0.2) is 0 Å². The maximum atomic E-state index is 9.69. The lowest BCUT2D eigenvalue weighted by atomic mass is 9.98. The number of phenols is 1. The van der Waals surface area contributed by atoms with E-state index in [0.29, 0.717) is 12.3 Å². The van der Waals surface area contributed by atoms with Crippen molar-refractivity contribution in [3.05, 3.63) is 34.4 Å². The van der Waals surface area contributed by atoms with Crippen molar-refractivity contribution in [3.8, 4) is 5.75 Å². The van der Waals surface area contributed by atoms with Gasteiger partial charge in [0, 0.05) is 6.54 Å². The fraction of sp³-hybridized carbons (Fsp3) is 0.333. The van der Waals surface area contributed by atoms with E-state index in [1.807, 2.05) is 39.0 Å². The highest BCUT2D eigenvalue weighted by Gasteiger charge is 2.06. The summed E-state index contributed by atoms with van der Waals surface area (Å²) in [6, 6.07) is 1.98. The molecule has 0 radical (unpaired) electrons. The zero-order chi connectivity index (χ0) is 10.7. The fourth-order valence-corrected chi connectivity index (χ4v) is 1.47. The van der Waals surface area contributed by atoms with Crippen LogP contribution in [-0.4, -0.2) is 11.7 Å². The third kappa shape index (κ3) is 1.96. The van der Waals surface area contributed by atoms with Crippen LogP contribution in [0.3, 0.4) is 0 Å². The maximum Gasteiger partial charge on any atom is 0.121 e. The second kappa shape index (κ2) is 4.29. The van der Waals surface area contributed by atoms with Crippen molar-refractivity contribution in [2.75, 3.05) is 6.54 Å². The van der Waals surface area contributed by atoms with E-state index in [9.17, 15) is 5.11 Å². The van der Waals surface area contributed by atoms with Gasteiger partial charge in [0.25, 0.3) is 0 Å². The van der Waals surface area contributed by atoms with E-state index >= 15 is 0 Å². The Bertz CT molecular complexity index is 367. The summed E-state index contributed by atoms with van der Waals surface area (Å²) in [6.07, 6.45) is 3.91. The molecule has 2 nitrogen and oxygen atoms in total. The quantitative estimate of drug-likeness (QED) is 0.753. The smallest absolute Gasteiger partial charge is 0.121 e. The molecule has 0 spiro atoms. The van der Waals surface area contributed by atoms with Gasteiger partial charge in [-0.1, -0.05) is 12.2 Å². The lowest BCUT2D eigenvalue weighted by Gasteiger charge is -2.10. The van der Waals surface area contributed by atoms with Crippen molar-refractivity contribution in [2.24, 2.45) is 5.73 Å². The van der Waals surface area contributed by atoms with Crippen LogP contribution in [0.1, 0.15) is 22.3 Å². The Morgan fingerprint density at radius 3 is 2.50 bits per heavy atom. The summed E-state index contributed by atoms with van der Waals surface area (Å²) in [5.41, 5.74) is 9.49. The van der Waals surface area contributed by atoms with Crippen LogP contribution in [0.5, 0.6) is 5.75 Å². The van der Waals surface area contributed by atoms with E-state index in [2.05, 4.69) is 0 Å². The minimum Gasteiger partial charge on any atom is -0.507 e. The minimum atomic E-state index is 0.396. The molecule has 0 bridgehead atoms. The molecule has 0 fully saturated rings. The molecule has 2 heteroatoms. The number of hydrogen-bond acceptors (Lipinski definition) is 2. The van der Waals surface area contributed by atoms with E-state index in [1.165, 1.54) is 0 Å². The van der Waals surface area contributed by atoms with Gasteiger partial charge in [0.2, 0.25) is 0 Å². The summed E-state index contributed by atoms with van der Waals surface area (Å²) in [6.45, 7) is 6.38. The number of hydrogen-bond donors (Lipinski definition) is 2. The van der Waals surface area contributed by atoms with Gasteiger partial charge < -0.3 is 10.8 Å². The highest BCUT2D eigenvalue weighted by atomic mass is 16.3. The van der Waals surface area contributed by atoms with Crippen LogP contribution in [0.2, 0.25) is 0 Å². The number of phenolic OH excluding ortho intramolecular Hbond substituents is 1. The van der Waals surface area contributed by atoms with E-state index in [1.54, 1.807) is 0 Å². The predicted octanol–water partition coefficient (Wildman–Crippen LogP) is 2.29. The summed E-state index contributed by atoms with van der Waals surface area (Å²) in [7, 11) is 0. The third-order valence-corrected chi connectivity index (χ3v) is 2.53. The van der Waals surface area contributed by atoms with Gasteiger partial charge >= 0.3 is 0 Å².